The zero-order chi connectivity index (χ0) is 17.8. The average Bonchev–Trinajstić information content (AvgIpc) is 3.14. The molecule has 0 aliphatic carbocycles. The topological polar surface area (TPSA) is 97.5 Å². The van der Waals surface area contributed by atoms with E-state index >= 15 is 0 Å². The summed E-state index contributed by atoms with van der Waals surface area (Å²) in [6.45, 7) is 4.26. The summed E-state index contributed by atoms with van der Waals surface area (Å²) in [6, 6.07) is 17.6. The fourth-order valence-corrected chi connectivity index (χ4v) is 3.06. The molecule has 3 aromatic rings. The molecular formula is C19H21N5O. The standard InChI is InChI=1S/C19H21N5O/c1-12(2)13-8-10-15(11-9-13)16(18(20)25)17(19-21-23-24-22-19)14-6-4-3-5-7-14/h3-12,16-17H,1-2H3,(H2,20,25)(H,21,22,23,24). The van der Waals surface area contributed by atoms with Crippen LogP contribution in [0.2, 0.25) is 0 Å². The van der Waals surface area contributed by atoms with E-state index in [4.69, 9.17) is 5.73 Å². The lowest BCUT2D eigenvalue weighted by molar-refractivity contribution is -0.119. The Balaban J connectivity index is 2.08. The van der Waals surface area contributed by atoms with Crippen molar-refractivity contribution in [1.29, 1.82) is 0 Å². The van der Waals surface area contributed by atoms with Crippen LogP contribution in [0.4, 0.5) is 0 Å². The first kappa shape index (κ1) is 16.8. The van der Waals surface area contributed by atoms with Crippen LogP contribution in [-0.4, -0.2) is 26.5 Å². The van der Waals surface area contributed by atoms with Gasteiger partial charge in [0.25, 0.3) is 0 Å². The Hall–Kier alpha value is -3.02. The van der Waals surface area contributed by atoms with Crippen molar-refractivity contribution in [3.63, 3.8) is 0 Å². The number of aromatic nitrogens is 4. The predicted octanol–water partition coefficient (Wildman–Crippen LogP) is 2.72. The molecule has 2 atom stereocenters. The van der Waals surface area contributed by atoms with Crippen LogP contribution in [0.5, 0.6) is 0 Å². The maximum atomic E-state index is 12.4. The van der Waals surface area contributed by atoms with Gasteiger partial charge in [-0.05, 0) is 22.6 Å². The second kappa shape index (κ2) is 7.25. The van der Waals surface area contributed by atoms with Crippen LogP contribution >= 0.6 is 0 Å². The number of tetrazole rings is 1. The third-order valence-electron chi connectivity index (χ3n) is 4.40. The van der Waals surface area contributed by atoms with E-state index < -0.39 is 17.7 Å². The molecule has 6 nitrogen and oxygen atoms in total. The number of nitrogens with two attached hydrogens (primary N) is 1. The summed E-state index contributed by atoms with van der Waals surface area (Å²) in [5.74, 6) is -0.536. The Morgan fingerprint density at radius 1 is 0.960 bits per heavy atom. The number of primary amides is 1. The van der Waals surface area contributed by atoms with E-state index in [1.165, 1.54) is 5.56 Å². The molecule has 3 rings (SSSR count). The van der Waals surface area contributed by atoms with Gasteiger partial charge in [-0.15, -0.1) is 10.2 Å². The summed E-state index contributed by atoms with van der Waals surface area (Å²) in [7, 11) is 0. The number of nitrogens with zero attached hydrogens (tertiary/aromatic N) is 3. The van der Waals surface area contributed by atoms with Gasteiger partial charge < -0.3 is 5.73 Å². The number of aromatic amines is 1. The molecule has 0 spiro atoms. The van der Waals surface area contributed by atoms with Crippen LogP contribution in [0.3, 0.4) is 0 Å². The van der Waals surface area contributed by atoms with Crippen molar-refractivity contribution in [2.45, 2.75) is 31.6 Å². The van der Waals surface area contributed by atoms with Gasteiger partial charge in [0, 0.05) is 0 Å². The lowest BCUT2D eigenvalue weighted by atomic mass is 9.80. The predicted molar refractivity (Wildman–Crippen MR) is 94.9 cm³/mol. The van der Waals surface area contributed by atoms with E-state index in [0.29, 0.717) is 11.7 Å². The highest BCUT2D eigenvalue weighted by Crippen LogP contribution is 2.36. The minimum Gasteiger partial charge on any atom is -0.369 e. The molecule has 1 heterocycles. The van der Waals surface area contributed by atoms with E-state index in [0.717, 1.165) is 11.1 Å². The van der Waals surface area contributed by atoms with Gasteiger partial charge >= 0.3 is 0 Å². The highest BCUT2D eigenvalue weighted by Gasteiger charge is 2.33. The Morgan fingerprint density at radius 2 is 1.60 bits per heavy atom. The van der Waals surface area contributed by atoms with Crippen LogP contribution in [-0.2, 0) is 4.79 Å². The zero-order valence-corrected chi connectivity index (χ0v) is 14.3. The molecule has 0 saturated heterocycles. The molecule has 1 aromatic heterocycles. The van der Waals surface area contributed by atoms with E-state index in [9.17, 15) is 4.79 Å². The maximum Gasteiger partial charge on any atom is 0.226 e. The second-order valence-corrected chi connectivity index (χ2v) is 6.36. The molecule has 3 N–H and O–H groups in total. The third-order valence-corrected chi connectivity index (χ3v) is 4.40. The van der Waals surface area contributed by atoms with Gasteiger partial charge in [-0.25, -0.2) is 0 Å². The molecule has 128 valence electrons. The van der Waals surface area contributed by atoms with Gasteiger partial charge in [0.05, 0.1) is 11.8 Å². The van der Waals surface area contributed by atoms with Crippen LogP contribution in [0, 0.1) is 0 Å². The van der Waals surface area contributed by atoms with E-state index in [1.807, 2.05) is 54.6 Å². The Bertz CT molecular complexity index is 813. The number of amides is 1. The van der Waals surface area contributed by atoms with Gasteiger partial charge in [0.2, 0.25) is 5.91 Å². The van der Waals surface area contributed by atoms with Crippen molar-refractivity contribution in [2.24, 2.45) is 5.73 Å². The first-order valence-corrected chi connectivity index (χ1v) is 8.25. The molecule has 0 aliphatic heterocycles. The lowest BCUT2D eigenvalue weighted by Gasteiger charge is -2.23. The number of hydrogen-bond donors (Lipinski definition) is 2. The molecule has 1 amide bonds. The lowest BCUT2D eigenvalue weighted by Crippen LogP contribution is -2.28. The Labute approximate surface area is 146 Å². The van der Waals surface area contributed by atoms with Gasteiger partial charge in [0.1, 0.15) is 0 Å². The summed E-state index contributed by atoms with van der Waals surface area (Å²) >= 11 is 0. The molecule has 0 radical (unpaired) electrons. The van der Waals surface area contributed by atoms with Crippen LogP contribution < -0.4 is 5.73 Å². The van der Waals surface area contributed by atoms with Crippen molar-refractivity contribution >= 4 is 5.91 Å². The number of benzene rings is 2. The molecule has 25 heavy (non-hydrogen) atoms. The van der Waals surface area contributed by atoms with E-state index in [2.05, 4.69) is 34.5 Å². The molecule has 2 unspecified atom stereocenters. The smallest absolute Gasteiger partial charge is 0.226 e. The van der Waals surface area contributed by atoms with Crippen LogP contribution in [0.15, 0.2) is 54.6 Å². The summed E-state index contributed by atoms with van der Waals surface area (Å²) in [5, 5.41) is 14.3. The zero-order valence-electron chi connectivity index (χ0n) is 14.3. The quantitative estimate of drug-likeness (QED) is 0.723. The minimum atomic E-state index is -0.582. The van der Waals surface area contributed by atoms with Gasteiger partial charge in [0.15, 0.2) is 5.82 Å². The normalized spacial score (nSPS) is 13.6. The number of hydrogen-bond acceptors (Lipinski definition) is 4. The van der Waals surface area contributed by atoms with Crippen LogP contribution in [0.1, 0.15) is 54.1 Å². The van der Waals surface area contributed by atoms with E-state index in [1.54, 1.807) is 0 Å². The molecule has 0 fully saturated rings. The Kier molecular flexibility index (Phi) is 4.88. The molecular weight excluding hydrogens is 314 g/mol. The summed E-state index contributed by atoms with van der Waals surface area (Å²) in [6.07, 6.45) is 0. The average molecular weight is 335 g/mol. The van der Waals surface area contributed by atoms with Crippen molar-refractivity contribution in [3.8, 4) is 0 Å². The van der Waals surface area contributed by atoms with Crippen molar-refractivity contribution in [1.82, 2.24) is 20.6 Å². The minimum absolute atomic E-state index is 0.401. The largest absolute Gasteiger partial charge is 0.369 e. The second-order valence-electron chi connectivity index (χ2n) is 6.36. The number of nitrogens with one attached hydrogen (secondary N) is 1. The number of carbonyl (C=O) groups excluding carboxylic acids is 1. The van der Waals surface area contributed by atoms with Crippen molar-refractivity contribution in [3.05, 3.63) is 77.1 Å². The fourth-order valence-electron chi connectivity index (χ4n) is 3.06. The number of carbonyl (C=O) groups is 1. The maximum absolute atomic E-state index is 12.4. The fraction of sp³-hybridized carbons (Fsp3) is 0.263. The first-order valence-electron chi connectivity index (χ1n) is 8.25. The van der Waals surface area contributed by atoms with E-state index in [-0.39, 0.29) is 0 Å². The van der Waals surface area contributed by atoms with Gasteiger partial charge in [-0.1, -0.05) is 73.7 Å². The number of H-pyrrole nitrogens is 1. The van der Waals surface area contributed by atoms with Gasteiger partial charge in [-0.3, -0.25) is 4.79 Å². The number of rotatable bonds is 6. The first-order chi connectivity index (χ1) is 12.1. The molecule has 0 aliphatic rings. The molecule has 2 aromatic carbocycles. The summed E-state index contributed by atoms with van der Waals surface area (Å²) in [4.78, 5) is 12.4. The highest BCUT2D eigenvalue weighted by molar-refractivity contribution is 5.83. The summed E-state index contributed by atoms with van der Waals surface area (Å²) < 4.78 is 0. The summed E-state index contributed by atoms with van der Waals surface area (Å²) in [5.41, 5.74) is 8.76. The highest BCUT2D eigenvalue weighted by atomic mass is 16.1. The monoisotopic (exact) mass is 335 g/mol. The molecule has 0 saturated carbocycles. The van der Waals surface area contributed by atoms with Gasteiger partial charge in [-0.2, -0.15) is 5.21 Å². The molecule has 6 heteroatoms. The Morgan fingerprint density at radius 3 is 2.12 bits per heavy atom. The van der Waals surface area contributed by atoms with Crippen molar-refractivity contribution in [2.75, 3.05) is 0 Å². The van der Waals surface area contributed by atoms with Crippen molar-refractivity contribution < 1.29 is 4.79 Å². The van der Waals surface area contributed by atoms with Crippen LogP contribution in [0.25, 0.3) is 0 Å². The third kappa shape index (κ3) is 3.57. The SMILES string of the molecule is CC(C)c1ccc(C(C(N)=O)C(c2ccccc2)c2nn[nH]n2)cc1. The molecule has 0 bridgehead atoms.